The summed E-state index contributed by atoms with van der Waals surface area (Å²) < 4.78 is 30.4. The van der Waals surface area contributed by atoms with Gasteiger partial charge < -0.3 is 24.0 Å². The van der Waals surface area contributed by atoms with Gasteiger partial charge in [-0.05, 0) is 29.6 Å². The molecule has 3 rings (SSSR count). The number of aromatic nitrogens is 2. The van der Waals surface area contributed by atoms with Crippen LogP contribution in [0.2, 0.25) is 0 Å². The fourth-order valence-electron chi connectivity index (χ4n) is 3.11. The fourth-order valence-corrected chi connectivity index (χ4v) is 3.11. The summed E-state index contributed by atoms with van der Waals surface area (Å²) >= 11 is 0. The molecule has 1 fully saturated rings. The molecule has 2 aromatic rings. The van der Waals surface area contributed by atoms with Gasteiger partial charge in [0.1, 0.15) is 18.2 Å². The lowest BCUT2D eigenvalue weighted by Crippen LogP contribution is -2.38. The number of halogens is 1. The number of anilines is 1. The van der Waals surface area contributed by atoms with E-state index in [0.717, 1.165) is 25.9 Å². The van der Waals surface area contributed by atoms with Crippen molar-refractivity contribution in [3.8, 4) is 5.75 Å². The van der Waals surface area contributed by atoms with Gasteiger partial charge in [0.15, 0.2) is 0 Å². The van der Waals surface area contributed by atoms with Gasteiger partial charge in [0.05, 0.1) is 19.1 Å². The summed E-state index contributed by atoms with van der Waals surface area (Å²) in [6.45, 7) is 6.29. The van der Waals surface area contributed by atoms with Crippen LogP contribution in [0.4, 0.5) is 10.3 Å². The van der Waals surface area contributed by atoms with E-state index in [1.807, 2.05) is 13.8 Å². The molecule has 0 spiro atoms. The van der Waals surface area contributed by atoms with Crippen LogP contribution in [0.5, 0.6) is 5.75 Å². The second-order valence-corrected chi connectivity index (χ2v) is 7.32. The number of hydrogen-bond donors (Lipinski definition) is 1. The molecule has 29 heavy (non-hydrogen) atoms. The molecule has 1 N–H and O–H groups in total. The molecule has 1 aliphatic heterocycles. The first-order chi connectivity index (χ1) is 13.9. The molecule has 8 nitrogen and oxygen atoms in total. The van der Waals surface area contributed by atoms with E-state index in [9.17, 15) is 9.18 Å². The number of benzene rings is 1. The predicted molar refractivity (Wildman–Crippen MR) is 103 cm³/mol. The van der Waals surface area contributed by atoms with Gasteiger partial charge in [0.2, 0.25) is 5.89 Å². The summed E-state index contributed by atoms with van der Waals surface area (Å²) in [5.41, 5.74) is 0.134. The smallest absolute Gasteiger partial charge is 0.307 e. The van der Waals surface area contributed by atoms with E-state index in [2.05, 4.69) is 15.0 Å². The van der Waals surface area contributed by atoms with Crippen LogP contribution in [0, 0.1) is 5.82 Å². The Hall–Kier alpha value is -2.68. The van der Waals surface area contributed by atoms with Crippen molar-refractivity contribution in [3.05, 3.63) is 35.5 Å². The summed E-state index contributed by atoms with van der Waals surface area (Å²) in [4.78, 5) is 17.2. The molecule has 1 saturated heterocycles. The number of carboxylic acids is 1. The lowest BCUT2D eigenvalue weighted by Gasteiger charge is -2.30. The molecule has 0 aliphatic carbocycles. The normalized spacial score (nSPS) is 15.1. The number of nitrogens with zero attached hydrogens (tertiary/aromatic N) is 3. The standard InChI is InChI=1S/C20H26FN3O5/c1-13(2)19-22-20(23-29-19)24-7-5-15(6-8-24)27-9-10-28-16-4-3-14(11-18(25)26)17(21)12-16/h3-4,12-13,15H,5-11H2,1-2H3,(H,25,26). The highest BCUT2D eigenvalue weighted by molar-refractivity contribution is 5.70. The highest BCUT2D eigenvalue weighted by Gasteiger charge is 2.23. The van der Waals surface area contributed by atoms with Crippen LogP contribution in [-0.2, 0) is 16.0 Å². The molecule has 1 aromatic heterocycles. The minimum atomic E-state index is -1.07. The maximum atomic E-state index is 13.8. The molecule has 1 aliphatic rings. The number of aliphatic carboxylic acids is 1. The summed E-state index contributed by atoms with van der Waals surface area (Å²) in [6, 6.07) is 4.20. The van der Waals surface area contributed by atoms with Crippen LogP contribution in [0.3, 0.4) is 0 Å². The number of hydrogen-bond acceptors (Lipinski definition) is 7. The van der Waals surface area contributed by atoms with Gasteiger partial charge in [-0.3, -0.25) is 4.79 Å². The van der Waals surface area contributed by atoms with E-state index in [1.165, 1.54) is 12.1 Å². The van der Waals surface area contributed by atoms with Gasteiger partial charge in [0, 0.05) is 25.1 Å². The summed E-state index contributed by atoms with van der Waals surface area (Å²) in [5, 5.41) is 12.8. The molecule has 0 bridgehead atoms. The van der Waals surface area contributed by atoms with Crippen LogP contribution in [0.15, 0.2) is 22.7 Å². The minimum absolute atomic E-state index is 0.126. The number of carbonyl (C=O) groups is 1. The van der Waals surface area contributed by atoms with Crippen molar-refractivity contribution < 1.29 is 28.3 Å². The quantitative estimate of drug-likeness (QED) is 0.634. The number of piperidine rings is 1. The van der Waals surface area contributed by atoms with Crippen molar-refractivity contribution in [2.45, 2.75) is 45.1 Å². The minimum Gasteiger partial charge on any atom is -0.491 e. The van der Waals surface area contributed by atoms with E-state index < -0.39 is 11.8 Å². The molecular weight excluding hydrogens is 381 g/mol. The molecule has 0 unspecified atom stereocenters. The van der Waals surface area contributed by atoms with Crippen LogP contribution in [0.1, 0.15) is 44.1 Å². The van der Waals surface area contributed by atoms with Gasteiger partial charge in [0.25, 0.3) is 5.95 Å². The zero-order valence-electron chi connectivity index (χ0n) is 16.6. The Kier molecular flexibility index (Phi) is 7.03. The Morgan fingerprint density at radius 2 is 2.10 bits per heavy atom. The topological polar surface area (TPSA) is 97.9 Å². The third kappa shape index (κ3) is 5.90. The Labute approximate surface area is 168 Å². The van der Waals surface area contributed by atoms with Gasteiger partial charge >= 0.3 is 5.97 Å². The molecule has 0 saturated carbocycles. The maximum absolute atomic E-state index is 13.8. The molecule has 158 valence electrons. The second-order valence-electron chi connectivity index (χ2n) is 7.32. The molecule has 0 radical (unpaired) electrons. The van der Waals surface area contributed by atoms with E-state index in [-0.39, 0.29) is 24.0 Å². The van der Waals surface area contributed by atoms with Crippen molar-refractivity contribution in [2.75, 3.05) is 31.2 Å². The van der Waals surface area contributed by atoms with E-state index in [0.29, 0.717) is 30.8 Å². The van der Waals surface area contributed by atoms with Crippen molar-refractivity contribution in [2.24, 2.45) is 0 Å². The molecule has 2 heterocycles. The lowest BCUT2D eigenvalue weighted by molar-refractivity contribution is -0.136. The Balaban J connectivity index is 1.36. The zero-order chi connectivity index (χ0) is 20.8. The first-order valence-electron chi connectivity index (χ1n) is 9.75. The number of ether oxygens (including phenoxy) is 2. The Morgan fingerprint density at radius 1 is 1.34 bits per heavy atom. The predicted octanol–water partition coefficient (Wildman–Crippen LogP) is 3.02. The highest BCUT2D eigenvalue weighted by atomic mass is 19.1. The van der Waals surface area contributed by atoms with Gasteiger partial charge in [-0.1, -0.05) is 19.9 Å². The van der Waals surface area contributed by atoms with E-state index in [4.69, 9.17) is 19.1 Å². The largest absolute Gasteiger partial charge is 0.491 e. The van der Waals surface area contributed by atoms with Crippen LogP contribution >= 0.6 is 0 Å². The molecule has 0 atom stereocenters. The third-order valence-corrected chi connectivity index (χ3v) is 4.72. The van der Waals surface area contributed by atoms with Crippen molar-refractivity contribution >= 4 is 11.9 Å². The summed E-state index contributed by atoms with van der Waals surface area (Å²) in [6.07, 6.45) is 1.48. The Bertz CT molecular complexity index is 818. The van der Waals surface area contributed by atoms with Crippen LogP contribution in [-0.4, -0.2) is 53.6 Å². The van der Waals surface area contributed by atoms with Gasteiger partial charge in [-0.2, -0.15) is 4.98 Å². The third-order valence-electron chi connectivity index (χ3n) is 4.72. The average molecular weight is 407 g/mol. The number of carboxylic acid groups (broad SMARTS) is 1. The summed E-state index contributed by atoms with van der Waals surface area (Å²) in [5.74, 6) is 0.177. The summed E-state index contributed by atoms with van der Waals surface area (Å²) in [7, 11) is 0. The van der Waals surface area contributed by atoms with Gasteiger partial charge in [-0.25, -0.2) is 4.39 Å². The molecule has 9 heteroatoms. The van der Waals surface area contributed by atoms with E-state index in [1.54, 1.807) is 6.07 Å². The SMILES string of the molecule is CC(C)c1nc(N2CCC(OCCOc3ccc(CC(=O)O)c(F)c3)CC2)no1. The highest BCUT2D eigenvalue weighted by Crippen LogP contribution is 2.21. The molecule has 1 aromatic carbocycles. The zero-order valence-corrected chi connectivity index (χ0v) is 16.6. The Morgan fingerprint density at radius 3 is 2.72 bits per heavy atom. The van der Waals surface area contributed by atoms with Crippen LogP contribution < -0.4 is 9.64 Å². The monoisotopic (exact) mass is 407 g/mol. The van der Waals surface area contributed by atoms with Gasteiger partial charge in [-0.15, -0.1) is 0 Å². The number of rotatable bonds is 9. The second kappa shape index (κ2) is 9.69. The first kappa shape index (κ1) is 21.0. The fraction of sp³-hybridized carbons (Fsp3) is 0.550. The molecule has 0 amide bonds. The molecular formula is C20H26FN3O5. The maximum Gasteiger partial charge on any atom is 0.307 e. The van der Waals surface area contributed by atoms with Crippen molar-refractivity contribution in [1.29, 1.82) is 0 Å². The van der Waals surface area contributed by atoms with Crippen LogP contribution in [0.25, 0.3) is 0 Å². The van der Waals surface area contributed by atoms with E-state index >= 15 is 0 Å². The first-order valence-corrected chi connectivity index (χ1v) is 9.75. The van der Waals surface area contributed by atoms with Crippen molar-refractivity contribution in [1.82, 2.24) is 10.1 Å². The lowest BCUT2D eigenvalue weighted by atomic mass is 10.1. The average Bonchev–Trinajstić information content (AvgIpc) is 3.18. The van der Waals surface area contributed by atoms with Crippen molar-refractivity contribution in [3.63, 3.8) is 0 Å².